The third kappa shape index (κ3) is 3.37. The lowest BCUT2D eigenvalue weighted by Gasteiger charge is -2.09. The summed E-state index contributed by atoms with van der Waals surface area (Å²) in [6.45, 7) is 3.28. The van der Waals surface area contributed by atoms with E-state index >= 15 is 0 Å². The Morgan fingerprint density at radius 3 is 2.61 bits per heavy atom. The molecule has 0 aliphatic carbocycles. The van der Waals surface area contributed by atoms with Crippen LogP contribution in [0.25, 0.3) is 10.8 Å². The first kappa shape index (κ1) is 15.2. The van der Waals surface area contributed by atoms with Crippen LogP contribution in [0, 0.1) is 0 Å². The number of hydrogen-bond acceptors (Lipinski definition) is 3. The summed E-state index contributed by atoms with van der Waals surface area (Å²) in [7, 11) is 0. The van der Waals surface area contributed by atoms with Crippen molar-refractivity contribution >= 4 is 16.5 Å². The first-order chi connectivity index (χ1) is 11.2. The molecule has 23 heavy (non-hydrogen) atoms. The highest BCUT2D eigenvalue weighted by molar-refractivity contribution is 5.82. The fourth-order valence-corrected chi connectivity index (χ4v) is 2.52. The molecule has 2 N–H and O–H groups in total. The lowest BCUT2D eigenvalue weighted by molar-refractivity contribution is 0.318. The van der Waals surface area contributed by atoms with Crippen LogP contribution in [0.15, 0.2) is 59.5 Å². The Morgan fingerprint density at radius 1 is 1.09 bits per heavy atom. The summed E-state index contributed by atoms with van der Waals surface area (Å²) in [6.07, 6.45) is 2.78. The molecule has 0 amide bonds. The van der Waals surface area contributed by atoms with Gasteiger partial charge in [0.25, 0.3) is 5.56 Å². The maximum atomic E-state index is 12.6. The number of anilines is 1. The number of nitrogen functional groups attached to an aromatic ring is 1. The van der Waals surface area contributed by atoms with Gasteiger partial charge in [0.1, 0.15) is 5.75 Å². The van der Waals surface area contributed by atoms with Crippen LogP contribution in [0.4, 0.5) is 5.69 Å². The second-order valence-corrected chi connectivity index (χ2v) is 5.59. The number of ether oxygens (including phenoxy) is 1. The highest BCUT2D eigenvalue weighted by Gasteiger charge is 2.05. The van der Waals surface area contributed by atoms with Gasteiger partial charge in [0.15, 0.2) is 0 Å². The van der Waals surface area contributed by atoms with Crippen molar-refractivity contribution in [3.8, 4) is 5.75 Å². The van der Waals surface area contributed by atoms with Crippen molar-refractivity contribution in [3.63, 3.8) is 0 Å². The summed E-state index contributed by atoms with van der Waals surface area (Å²) >= 11 is 0. The molecule has 0 saturated carbocycles. The average molecular weight is 308 g/mol. The zero-order chi connectivity index (χ0) is 16.2. The maximum absolute atomic E-state index is 12.6. The Bertz CT molecular complexity index is 867. The fraction of sp³-hybridized carbons (Fsp3) is 0.211. The third-order valence-electron chi connectivity index (χ3n) is 3.75. The molecule has 3 rings (SSSR count). The molecule has 2 aromatic carbocycles. The molecule has 0 bridgehead atoms. The van der Waals surface area contributed by atoms with Gasteiger partial charge in [0, 0.05) is 17.3 Å². The summed E-state index contributed by atoms with van der Waals surface area (Å²) in [5.74, 6) is 0.801. The molecule has 0 fully saturated rings. The summed E-state index contributed by atoms with van der Waals surface area (Å²) < 4.78 is 7.33. The van der Waals surface area contributed by atoms with Crippen molar-refractivity contribution in [1.82, 2.24) is 4.57 Å². The SMILES string of the molecule is CCCOc1ccc2c(=O)n(Cc3ccc(N)cc3)ccc2c1. The minimum absolute atomic E-state index is 0.00127. The molecule has 0 saturated heterocycles. The van der Waals surface area contributed by atoms with Crippen molar-refractivity contribution in [2.75, 3.05) is 12.3 Å². The van der Waals surface area contributed by atoms with E-state index in [2.05, 4.69) is 6.92 Å². The molecule has 0 unspecified atom stereocenters. The molecule has 4 heteroatoms. The number of aromatic nitrogens is 1. The van der Waals surface area contributed by atoms with E-state index in [4.69, 9.17) is 10.5 Å². The fourth-order valence-electron chi connectivity index (χ4n) is 2.52. The topological polar surface area (TPSA) is 57.2 Å². The van der Waals surface area contributed by atoms with Gasteiger partial charge < -0.3 is 15.0 Å². The third-order valence-corrected chi connectivity index (χ3v) is 3.75. The van der Waals surface area contributed by atoms with Gasteiger partial charge >= 0.3 is 0 Å². The van der Waals surface area contributed by atoms with E-state index in [9.17, 15) is 4.79 Å². The monoisotopic (exact) mass is 308 g/mol. The largest absolute Gasteiger partial charge is 0.494 e. The van der Waals surface area contributed by atoms with Crippen LogP contribution in [0.5, 0.6) is 5.75 Å². The van der Waals surface area contributed by atoms with E-state index in [0.717, 1.165) is 28.8 Å². The molecule has 0 aliphatic rings. The van der Waals surface area contributed by atoms with Gasteiger partial charge in [0.2, 0.25) is 0 Å². The van der Waals surface area contributed by atoms with Crippen LogP contribution >= 0.6 is 0 Å². The smallest absolute Gasteiger partial charge is 0.258 e. The second kappa shape index (κ2) is 6.57. The van der Waals surface area contributed by atoms with Gasteiger partial charge in [-0.3, -0.25) is 4.79 Å². The molecule has 118 valence electrons. The molecule has 0 spiro atoms. The molecule has 1 heterocycles. The highest BCUT2D eigenvalue weighted by Crippen LogP contribution is 2.19. The van der Waals surface area contributed by atoms with Crippen LogP contribution in [0.3, 0.4) is 0 Å². The van der Waals surface area contributed by atoms with E-state index < -0.39 is 0 Å². The molecule has 1 aromatic heterocycles. The Labute approximate surface area is 135 Å². The zero-order valence-corrected chi connectivity index (χ0v) is 13.2. The van der Waals surface area contributed by atoms with Crippen molar-refractivity contribution in [2.24, 2.45) is 0 Å². The average Bonchev–Trinajstić information content (AvgIpc) is 2.57. The van der Waals surface area contributed by atoms with Crippen molar-refractivity contribution in [1.29, 1.82) is 0 Å². The number of benzene rings is 2. The van der Waals surface area contributed by atoms with Gasteiger partial charge in [-0.15, -0.1) is 0 Å². The minimum Gasteiger partial charge on any atom is -0.494 e. The van der Waals surface area contributed by atoms with Gasteiger partial charge in [-0.05, 0) is 53.8 Å². The summed E-state index contributed by atoms with van der Waals surface area (Å²) in [4.78, 5) is 12.6. The van der Waals surface area contributed by atoms with Crippen LogP contribution in [-0.2, 0) is 6.54 Å². The van der Waals surface area contributed by atoms with E-state index in [1.807, 2.05) is 54.7 Å². The Morgan fingerprint density at radius 2 is 1.87 bits per heavy atom. The number of fused-ring (bicyclic) bond motifs is 1. The van der Waals surface area contributed by atoms with Crippen LogP contribution in [0.2, 0.25) is 0 Å². The summed E-state index contributed by atoms with van der Waals surface area (Å²) in [6, 6.07) is 15.1. The minimum atomic E-state index is 0.00127. The molecular weight excluding hydrogens is 288 g/mol. The molecule has 0 aliphatic heterocycles. The van der Waals surface area contributed by atoms with Crippen molar-refractivity contribution in [2.45, 2.75) is 19.9 Å². The summed E-state index contributed by atoms with van der Waals surface area (Å²) in [5.41, 5.74) is 7.46. The van der Waals surface area contributed by atoms with E-state index in [-0.39, 0.29) is 5.56 Å². The molecular formula is C19H20N2O2. The number of hydrogen-bond donors (Lipinski definition) is 1. The first-order valence-electron chi connectivity index (χ1n) is 7.78. The van der Waals surface area contributed by atoms with Gasteiger partial charge in [0.05, 0.1) is 13.2 Å². The molecule has 4 nitrogen and oxygen atoms in total. The van der Waals surface area contributed by atoms with Crippen LogP contribution < -0.4 is 16.0 Å². The lowest BCUT2D eigenvalue weighted by atomic mass is 10.1. The zero-order valence-electron chi connectivity index (χ0n) is 13.2. The van der Waals surface area contributed by atoms with E-state index in [1.165, 1.54) is 0 Å². The van der Waals surface area contributed by atoms with Crippen molar-refractivity contribution < 1.29 is 4.74 Å². The first-order valence-corrected chi connectivity index (χ1v) is 7.78. The normalized spacial score (nSPS) is 10.8. The predicted molar refractivity (Wildman–Crippen MR) is 94.0 cm³/mol. The summed E-state index contributed by atoms with van der Waals surface area (Å²) in [5, 5.41) is 1.60. The second-order valence-electron chi connectivity index (χ2n) is 5.59. The number of nitrogens with zero attached hydrogens (tertiary/aromatic N) is 1. The van der Waals surface area contributed by atoms with E-state index in [0.29, 0.717) is 18.5 Å². The highest BCUT2D eigenvalue weighted by atomic mass is 16.5. The quantitative estimate of drug-likeness (QED) is 0.735. The van der Waals surface area contributed by atoms with Gasteiger partial charge in [-0.2, -0.15) is 0 Å². The number of nitrogens with two attached hydrogens (primary N) is 1. The van der Waals surface area contributed by atoms with Gasteiger partial charge in [-0.1, -0.05) is 19.1 Å². The predicted octanol–water partition coefficient (Wildman–Crippen LogP) is 3.42. The number of rotatable bonds is 5. The molecule has 0 radical (unpaired) electrons. The Kier molecular flexibility index (Phi) is 4.33. The maximum Gasteiger partial charge on any atom is 0.258 e. The Hall–Kier alpha value is -2.75. The number of pyridine rings is 1. The van der Waals surface area contributed by atoms with Gasteiger partial charge in [-0.25, -0.2) is 0 Å². The Balaban J connectivity index is 1.92. The molecule has 3 aromatic rings. The lowest BCUT2D eigenvalue weighted by Crippen LogP contribution is -2.20. The van der Waals surface area contributed by atoms with E-state index in [1.54, 1.807) is 4.57 Å². The van der Waals surface area contributed by atoms with Crippen LogP contribution in [0.1, 0.15) is 18.9 Å². The van der Waals surface area contributed by atoms with Crippen molar-refractivity contribution in [3.05, 3.63) is 70.6 Å². The molecule has 0 atom stereocenters. The standard InChI is InChI=1S/C19H20N2O2/c1-2-11-23-17-7-8-18-15(12-17)9-10-21(19(18)22)13-14-3-5-16(20)6-4-14/h3-10,12H,2,11,13,20H2,1H3. The van der Waals surface area contributed by atoms with Crippen LogP contribution in [-0.4, -0.2) is 11.2 Å².